The molecule has 2 heteroatoms. The summed E-state index contributed by atoms with van der Waals surface area (Å²) in [7, 11) is 1.74. The molecule has 0 atom stereocenters. The van der Waals surface area contributed by atoms with Crippen molar-refractivity contribution >= 4 is 0 Å². The Labute approximate surface area is 97.8 Å². The zero-order chi connectivity index (χ0) is 11.6. The highest BCUT2D eigenvalue weighted by atomic mass is 16.5. The minimum atomic E-state index is 0.179. The minimum absolute atomic E-state index is 0.179. The zero-order valence-electron chi connectivity index (χ0n) is 10.3. The second kappa shape index (κ2) is 4.46. The van der Waals surface area contributed by atoms with Gasteiger partial charge in [-0.3, -0.25) is 0 Å². The van der Waals surface area contributed by atoms with E-state index in [1.807, 2.05) is 0 Å². The Morgan fingerprint density at radius 1 is 1.38 bits per heavy atom. The molecule has 1 aliphatic carbocycles. The van der Waals surface area contributed by atoms with Gasteiger partial charge in [-0.25, -0.2) is 0 Å². The van der Waals surface area contributed by atoms with Crippen LogP contribution in [-0.2, 0) is 6.42 Å². The minimum Gasteiger partial charge on any atom is -0.496 e. The maximum Gasteiger partial charge on any atom is 0.122 e. The molecule has 2 nitrogen and oxygen atoms in total. The maximum absolute atomic E-state index is 6.07. The lowest BCUT2D eigenvalue weighted by atomic mass is 10.0. The average molecular weight is 219 g/mol. The summed E-state index contributed by atoms with van der Waals surface area (Å²) in [6, 6.07) is 6.42. The molecule has 0 radical (unpaired) electrons. The van der Waals surface area contributed by atoms with Gasteiger partial charge in [0.15, 0.2) is 0 Å². The second-order valence-electron chi connectivity index (χ2n) is 5.03. The van der Waals surface area contributed by atoms with Crippen LogP contribution in [0.15, 0.2) is 18.2 Å². The summed E-state index contributed by atoms with van der Waals surface area (Å²) in [6.45, 7) is 2.09. The van der Waals surface area contributed by atoms with Crippen LogP contribution in [0.25, 0.3) is 0 Å². The predicted octanol–water partition coefficient (Wildman–Crippen LogP) is 2.82. The third-order valence-electron chi connectivity index (χ3n) is 3.46. The van der Waals surface area contributed by atoms with E-state index < -0.39 is 0 Å². The Morgan fingerprint density at radius 3 is 2.75 bits per heavy atom. The van der Waals surface area contributed by atoms with E-state index in [1.165, 1.54) is 24.0 Å². The van der Waals surface area contributed by atoms with Crippen molar-refractivity contribution in [2.45, 2.75) is 44.6 Å². The van der Waals surface area contributed by atoms with Crippen LogP contribution in [0.2, 0.25) is 0 Å². The van der Waals surface area contributed by atoms with Crippen LogP contribution >= 0.6 is 0 Å². The molecule has 1 saturated carbocycles. The Kier molecular flexibility index (Phi) is 3.20. The van der Waals surface area contributed by atoms with Crippen LogP contribution in [0.5, 0.6) is 5.75 Å². The highest BCUT2D eigenvalue weighted by molar-refractivity contribution is 5.37. The van der Waals surface area contributed by atoms with Crippen LogP contribution in [0.1, 0.15) is 36.8 Å². The van der Waals surface area contributed by atoms with Crippen LogP contribution < -0.4 is 10.5 Å². The average Bonchev–Trinajstić information content (AvgIpc) is 2.99. The van der Waals surface area contributed by atoms with Gasteiger partial charge in [-0.15, -0.1) is 0 Å². The summed E-state index contributed by atoms with van der Waals surface area (Å²) in [5.41, 5.74) is 8.80. The first-order valence-corrected chi connectivity index (χ1v) is 6.05. The number of hydrogen-bond acceptors (Lipinski definition) is 2. The number of ether oxygens (including phenoxy) is 1. The maximum atomic E-state index is 6.07. The molecule has 1 aromatic rings. The first-order valence-electron chi connectivity index (χ1n) is 6.05. The van der Waals surface area contributed by atoms with Gasteiger partial charge >= 0.3 is 0 Å². The van der Waals surface area contributed by atoms with Crippen molar-refractivity contribution in [1.82, 2.24) is 0 Å². The van der Waals surface area contributed by atoms with Gasteiger partial charge in [0.1, 0.15) is 5.75 Å². The van der Waals surface area contributed by atoms with Gasteiger partial charge < -0.3 is 10.5 Å². The van der Waals surface area contributed by atoms with Crippen molar-refractivity contribution in [1.29, 1.82) is 0 Å². The van der Waals surface area contributed by atoms with E-state index in [9.17, 15) is 0 Å². The predicted molar refractivity (Wildman–Crippen MR) is 66.8 cm³/mol. The van der Waals surface area contributed by atoms with Gasteiger partial charge in [0.05, 0.1) is 7.11 Å². The molecule has 2 N–H and O–H groups in total. The fraction of sp³-hybridized carbons (Fsp3) is 0.571. The van der Waals surface area contributed by atoms with Gasteiger partial charge in [0, 0.05) is 5.54 Å². The van der Waals surface area contributed by atoms with Crippen molar-refractivity contribution in [2.75, 3.05) is 7.11 Å². The first kappa shape index (κ1) is 11.5. The number of aryl methyl sites for hydroxylation is 2. The lowest BCUT2D eigenvalue weighted by Gasteiger charge is -2.11. The lowest BCUT2D eigenvalue weighted by molar-refractivity contribution is 0.408. The zero-order valence-corrected chi connectivity index (χ0v) is 10.3. The molecule has 1 aromatic carbocycles. The summed E-state index contributed by atoms with van der Waals surface area (Å²) in [5.74, 6) is 1.02. The number of benzene rings is 1. The molecule has 0 heterocycles. The molecular formula is C14H21NO. The van der Waals surface area contributed by atoms with Crippen LogP contribution in [0.4, 0.5) is 0 Å². The van der Waals surface area contributed by atoms with Crippen LogP contribution in [-0.4, -0.2) is 12.6 Å². The molecule has 0 amide bonds. The topological polar surface area (TPSA) is 35.2 Å². The van der Waals surface area contributed by atoms with Crippen LogP contribution in [0.3, 0.4) is 0 Å². The second-order valence-corrected chi connectivity index (χ2v) is 5.03. The number of methoxy groups -OCH3 is 1. The normalized spacial score (nSPS) is 17.2. The van der Waals surface area contributed by atoms with Crippen molar-refractivity contribution in [3.63, 3.8) is 0 Å². The van der Waals surface area contributed by atoms with Gasteiger partial charge in [0.25, 0.3) is 0 Å². The number of rotatable bonds is 5. The van der Waals surface area contributed by atoms with Crippen molar-refractivity contribution in [3.05, 3.63) is 29.3 Å². The lowest BCUT2D eigenvalue weighted by Crippen LogP contribution is -2.21. The van der Waals surface area contributed by atoms with Gasteiger partial charge in [0.2, 0.25) is 0 Å². The molecule has 2 rings (SSSR count). The van der Waals surface area contributed by atoms with Crippen molar-refractivity contribution in [3.8, 4) is 5.75 Å². The Balaban J connectivity index is 1.92. The Morgan fingerprint density at radius 2 is 2.12 bits per heavy atom. The third-order valence-corrected chi connectivity index (χ3v) is 3.46. The van der Waals surface area contributed by atoms with Crippen LogP contribution in [0, 0.1) is 6.92 Å². The third kappa shape index (κ3) is 2.76. The SMILES string of the molecule is COc1cc(C)ccc1CCCC1(N)CC1. The Bertz CT molecular complexity index is 369. The van der Waals surface area contributed by atoms with Gasteiger partial charge in [-0.1, -0.05) is 12.1 Å². The largest absolute Gasteiger partial charge is 0.496 e. The van der Waals surface area contributed by atoms with E-state index in [-0.39, 0.29) is 5.54 Å². The smallest absolute Gasteiger partial charge is 0.122 e. The molecule has 1 aliphatic rings. The molecule has 0 saturated heterocycles. The number of nitrogens with two attached hydrogens (primary N) is 1. The molecule has 0 spiro atoms. The van der Waals surface area contributed by atoms with E-state index in [4.69, 9.17) is 10.5 Å². The number of hydrogen-bond donors (Lipinski definition) is 1. The van der Waals surface area contributed by atoms with Crippen molar-refractivity contribution in [2.24, 2.45) is 5.73 Å². The molecule has 1 fully saturated rings. The van der Waals surface area contributed by atoms with Gasteiger partial charge in [-0.2, -0.15) is 0 Å². The summed E-state index contributed by atoms with van der Waals surface area (Å²) < 4.78 is 5.39. The highest BCUT2D eigenvalue weighted by Gasteiger charge is 2.36. The standard InChI is InChI=1S/C14H21NO/c1-11-5-6-12(13(10-11)16-2)4-3-7-14(15)8-9-14/h5-6,10H,3-4,7-9,15H2,1-2H3. The molecule has 0 bridgehead atoms. The van der Waals surface area contributed by atoms with E-state index in [2.05, 4.69) is 25.1 Å². The van der Waals surface area contributed by atoms with E-state index in [1.54, 1.807) is 7.11 Å². The molecule has 0 aromatic heterocycles. The summed E-state index contributed by atoms with van der Waals surface area (Å²) in [5, 5.41) is 0. The molecule has 0 aliphatic heterocycles. The first-order chi connectivity index (χ1) is 7.63. The quantitative estimate of drug-likeness (QED) is 0.826. The summed E-state index contributed by atoms with van der Waals surface area (Å²) in [4.78, 5) is 0. The van der Waals surface area contributed by atoms with E-state index >= 15 is 0 Å². The summed E-state index contributed by atoms with van der Waals surface area (Å²) in [6.07, 6.45) is 5.79. The van der Waals surface area contributed by atoms with E-state index in [0.717, 1.165) is 25.0 Å². The van der Waals surface area contributed by atoms with Crippen molar-refractivity contribution < 1.29 is 4.74 Å². The highest BCUT2D eigenvalue weighted by Crippen LogP contribution is 2.37. The molecular weight excluding hydrogens is 198 g/mol. The molecule has 16 heavy (non-hydrogen) atoms. The van der Waals surface area contributed by atoms with E-state index in [0.29, 0.717) is 0 Å². The van der Waals surface area contributed by atoms with Gasteiger partial charge in [-0.05, 0) is 56.2 Å². The molecule has 0 unspecified atom stereocenters. The fourth-order valence-corrected chi connectivity index (χ4v) is 2.10. The monoisotopic (exact) mass is 219 g/mol. The fourth-order valence-electron chi connectivity index (χ4n) is 2.10. The summed E-state index contributed by atoms with van der Waals surface area (Å²) >= 11 is 0. The Hall–Kier alpha value is -1.02. The molecule has 88 valence electrons.